The first-order chi connectivity index (χ1) is 15.1. The summed E-state index contributed by atoms with van der Waals surface area (Å²) in [5.41, 5.74) is 2.84. The first-order valence-corrected chi connectivity index (χ1v) is 11.9. The maximum atomic E-state index is 12.9. The lowest BCUT2D eigenvalue weighted by Crippen LogP contribution is -2.32. The highest BCUT2D eigenvalue weighted by molar-refractivity contribution is 7.16. The minimum atomic E-state index is -0.230. The van der Waals surface area contributed by atoms with Gasteiger partial charge in [-0.15, -0.1) is 11.3 Å². The highest BCUT2D eigenvalue weighted by Gasteiger charge is 2.30. The molecule has 1 atom stereocenters. The Morgan fingerprint density at radius 2 is 2.00 bits per heavy atom. The minimum Gasteiger partial charge on any atom is -0.497 e. The predicted molar refractivity (Wildman–Crippen MR) is 123 cm³/mol. The average Bonchev–Trinajstić information content (AvgIpc) is 3.22. The van der Waals surface area contributed by atoms with Crippen LogP contribution >= 0.6 is 11.3 Å². The number of anilines is 1. The van der Waals surface area contributed by atoms with E-state index >= 15 is 0 Å². The molecular weight excluding hydrogens is 410 g/mol. The van der Waals surface area contributed by atoms with Crippen molar-refractivity contribution in [1.82, 2.24) is 10.3 Å². The third kappa shape index (κ3) is 5.34. The molecular formula is C24H29N3O3S. The van der Waals surface area contributed by atoms with E-state index in [9.17, 15) is 9.59 Å². The molecule has 7 heteroatoms. The van der Waals surface area contributed by atoms with Gasteiger partial charge in [0.25, 0.3) is 5.91 Å². The lowest BCUT2D eigenvalue weighted by molar-refractivity contribution is -0.122. The zero-order valence-corrected chi connectivity index (χ0v) is 18.7. The van der Waals surface area contributed by atoms with E-state index < -0.39 is 0 Å². The molecule has 0 spiro atoms. The van der Waals surface area contributed by atoms with Gasteiger partial charge in [-0.2, -0.15) is 0 Å². The molecule has 6 nitrogen and oxygen atoms in total. The summed E-state index contributed by atoms with van der Waals surface area (Å²) in [6.07, 6.45) is 10.8. The quantitative estimate of drug-likeness (QED) is 0.606. The minimum absolute atomic E-state index is 0.0516. The molecule has 1 unspecified atom stereocenters. The SMILES string of the molecule is COc1ccc(C(=O)Nc2nc3c(s2)CCCC3C(=O)NCCC2=CCCCC2)cc1. The molecule has 164 valence electrons. The molecule has 0 aliphatic heterocycles. The number of carbonyl (C=O) groups is 2. The molecule has 0 radical (unpaired) electrons. The fourth-order valence-electron chi connectivity index (χ4n) is 4.24. The first-order valence-electron chi connectivity index (χ1n) is 11.0. The molecule has 0 saturated heterocycles. The van der Waals surface area contributed by atoms with E-state index in [2.05, 4.69) is 21.7 Å². The van der Waals surface area contributed by atoms with Crippen molar-refractivity contribution in [2.75, 3.05) is 19.0 Å². The summed E-state index contributed by atoms with van der Waals surface area (Å²) in [5, 5.41) is 6.55. The van der Waals surface area contributed by atoms with Crippen molar-refractivity contribution < 1.29 is 14.3 Å². The number of aromatic nitrogens is 1. The molecule has 0 fully saturated rings. The molecule has 2 amide bonds. The summed E-state index contributed by atoms with van der Waals surface area (Å²) in [4.78, 5) is 31.2. The number of hydrogen-bond donors (Lipinski definition) is 2. The third-order valence-corrected chi connectivity index (χ3v) is 7.02. The number of rotatable bonds is 7. The zero-order valence-electron chi connectivity index (χ0n) is 17.9. The fourth-order valence-corrected chi connectivity index (χ4v) is 5.30. The van der Waals surface area contributed by atoms with Gasteiger partial charge in [0.2, 0.25) is 5.91 Å². The Morgan fingerprint density at radius 3 is 2.74 bits per heavy atom. The first kappa shape index (κ1) is 21.6. The van der Waals surface area contributed by atoms with Crippen molar-refractivity contribution >= 4 is 28.3 Å². The predicted octanol–water partition coefficient (Wildman–Crippen LogP) is 4.83. The average molecular weight is 440 g/mol. The second-order valence-corrected chi connectivity index (χ2v) is 9.19. The van der Waals surface area contributed by atoms with Crippen molar-refractivity contribution in [2.45, 2.75) is 57.3 Å². The Balaban J connectivity index is 1.37. The van der Waals surface area contributed by atoms with E-state index in [-0.39, 0.29) is 17.7 Å². The number of hydrogen-bond acceptors (Lipinski definition) is 5. The van der Waals surface area contributed by atoms with Gasteiger partial charge in [0.15, 0.2) is 5.13 Å². The summed E-state index contributed by atoms with van der Waals surface area (Å²) in [6.45, 7) is 0.682. The summed E-state index contributed by atoms with van der Waals surface area (Å²) >= 11 is 1.48. The lowest BCUT2D eigenvalue weighted by Gasteiger charge is -2.21. The Kier molecular flexibility index (Phi) is 7.02. The van der Waals surface area contributed by atoms with Crippen LogP contribution in [0.2, 0.25) is 0 Å². The number of ether oxygens (including phenoxy) is 1. The van der Waals surface area contributed by atoms with Gasteiger partial charge in [0, 0.05) is 17.0 Å². The van der Waals surface area contributed by atoms with E-state index in [4.69, 9.17) is 4.74 Å². The Morgan fingerprint density at radius 1 is 1.16 bits per heavy atom. The molecule has 1 aromatic heterocycles. The normalized spacial score (nSPS) is 18.0. The Bertz CT molecular complexity index is 965. The van der Waals surface area contributed by atoms with E-state index in [1.165, 1.54) is 36.2 Å². The largest absolute Gasteiger partial charge is 0.497 e. The van der Waals surface area contributed by atoms with Crippen molar-refractivity contribution in [1.29, 1.82) is 0 Å². The van der Waals surface area contributed by atoms with Crippen LogP contribution in [0.15, 0.2) is 35.9 Å². The number of nitrogens with zero attached hydrogens (tertiary/aromatic N) is 1. The van der Waals surface area contributed by atoms with Crippen molar-refractivity contribution in [3.63, 3.8) is 0 Å². The highest BCUT2D eigenvalue weighted by atomic mass is 32.1. The molecule has 1 aromatic carbocycles. The van der Waals surface area contributed by atoms with Crippen LogP contribution in [0.5, 0.6) is 5.75 Å². The molecule has 4 rings (SSSR count). The smallest absolute Gasteiger partial charge is 0.257 e. The summed E-state index contributed by atoms with van der Waals surface area (Å²) in [7, 11) is 1.59. The van der Waals surface area contributed by atoms with Crippen molar-refractivity contribution in [3.05, 3.63) is 52.0 Å². The van der Waals surface area contributed by atoms with Crippen molar-refractivity contribution in [2.24, 2.45) is 0 Å². The van der Waals surface area contributed by atoms with E-state index in [1.807, 2.05) is 0 Å². The highest BCUT2D eigenvalue weighted by Crippen LogP contribution is 2.37. The number of nitrogens with one attached hydrogen (secondary N) is 2. The molecule has 2 aliphatic carbocycles. The van der Waals surface area contributed by atoms with Gasteiger partial charge in [-0.1, -0.05) is 11.6 Å². The maximum Gasteiger partial charge on any atom is 0.257 e. The Hall–Kier alpha value is -2.67. The van der Waals surface area contributed by atoms with Crippen LogP contribution in [0.1, 0.15) is 71.8 Å². The molecule has 2 aliphatic rings. The van der Waals surface area contributed by atoms with Gasteiger partial charge in [0.05, 0.1) is 18.7 Å². The number of thiazole rings is 1. The standard InChI is InChI=1S/C24H29N3O3S/c1-30-18-12-10-17(11-13-18)22(28)27-24-26-21-19(8-5-9-20(21)31-24)23(29)25-15-14-16-6-3-2-4-7-16/h6,10-13,19H,2-5,7-9,14-15H2,1H3,(H,25,29)(H,26,27,28). The van der Waals surface area contributed by atoms with Gasteiger partial charge in [0.1, 0.15) is 5.75 Å². The number of amides is 2. The topological polar surface area (TPSA) is 80.3 Å². The lowest BCUT2D eigenvalue weighted by atomic mass is 9.90. The summed E-state index contributed by atoms with van der Waals surface area (Å²) in [6, 6.07) is 6.95. The van der Waals surface area contributed by atoms with Gasteiger partial charge >= 0.3 is 0 Å². The maximum absolute atomic E-state index is 12.9. The molecule has 2 N–H and O–H groups in total. The van der Waals surface area contributed by atoms with Gasteiger partial charge in [-0.05, 0) is 75.6 Å². The van der Waals surface area contributed by atoms with Crippen molar-refractivity contribution in [3.8, 4) is 5.75 Å². The van der Waals surface area contributed by atoms with Crippen LogP contribution < -0.4 is 15.4 Å². The van der Waals surface area contributed by atoms with Crippen LogP contribution in [0.25, 0.3) is 0 Å². The molecule has 2 aromatic rings. The van der Waals surface area contributed by atoms with E-state index in [1.54, 1.807) is 31.4 Å². The number of carbonyl (C=O) groups excluding carboxylic acids is 2. The van der Waals surface area contributed by atoms with Gasteiger partial charge < -0.3 is 10.1 Å². The Labute approximate surface area is 187 Å². The van der Waals surface area contributed by atoms with Crippen LogP contribution in [-0.4, -0.2) is 30.5 Å². The molecule has 31 heavy (non-hydrogen) atoms. The van der Waals surface area contributed by atoms with Crippen LogP contribution in [0.4, 0.5) is 5.13 Å². The van der Waals surface area contributed by atoms with Crippen LogP contribution in [0.3, 0.4) is 0 Å². The van der Waals surface area contributed by atoms with E-state index in [0.717, 1.165) is 42.7 Å². The number of aryl methyl sites for hydroxylation is 1. The zero-order chi connectivity index (χ0) is 21.6. The molecule has 0 saturated carbocycles. The summed E-state index contributed by atoms with van der Waals surface area (Å²) < 4.78 is 5.14. The fraction of sp³-hybridized carbons (Fsp3) is 0.458. The number of methoxy groups -OCH3 is 1. The third-order valence-electron chi connectivity index (χ3n) is 5.97. The summed E-state index contributed by atoms with van der Waals surface area (Å²) in [5.74, 6) is 0.313. The number of benzene rings is 1. The second kappa shape index (κ2) is 10.1. The monoisotopic (exact) mass is 439 g/mol. The molecule has 0 bridgehead atoms. The second-order valence-electron chi connectivity index (χ2n) is 8.10. The van der Waals surface area contributed by atoms with Crippen LogP contribution in [-0.2, 0) is 11.2 Å². The number of fused-ring (bicyclic) bond motifs is 1. The van der Waals surface area contributed by atoms with Gasteiger partial charge in [-0.25, -0.2) is 4.98 Å². The van der Waals surface area contributed by atoms with E-state index in [0.29, 0.717) is 23.0 Å². The molecule has 1 heterocycles. The number of allylic oxidation sites excluding steroid dienone is 1. The van der Waals surface area contributed by atoms with Crippen LogP contribution in [0, 0.1) is 0 Å². The van der Waals surface area contributed by atoms with Gasteiger partial charge in [-0.3, -0.25) is 14.9 Å².